The van der Waals surface area contributed by atoms with Gasteiger partial charge in [0.05, 0.1) is 12.7 Å². The zero-order chi connectivity index (χ0) is 18.1. The fourth-order valence-corrected chi connectivity index (χ4v) is 2.18. The minimum Gasteiger partial charge on any atom is -0.493 e. The molecule has 0 saturated heterocycles. The minimum absolute atomic E-state index is 0.328. The van der Waals surface area contributed by atoms with Gasteiger partial charge in [-0.25, -0.2) is 4.98 Å². The number of methoxy groups -OCH3 is 2. The predicted octanol–water partition coefficient (Wildman–Crippen LogP) is 2.11. The van der Waals surface area contributed by atoms with E-state index in [2.05, 4.69) is 10.3 Å². The topological polar surface area (TPSA) is 95.7 Å². The molecule has 0 aliphatic rings. The Morgan fingerprint density at radius 3 is 2.68 bits per heavy atom. The largest absolute Gasteiger partial charge is 0.493 e. The van der Waals surface area contributed by atoms with Crippen molar-refractivity contribution in [3.8, 4) is 17.4 Å². The maximum atomic E-state index is 11.1. The lowest BCUT2D eigenvalue weighted by Crippen LogP contribution is -2.16. The Hall–Kier alpha value is -2.64. The second-order valence-corrected chi connectivity index (χ2v) is 5.36. The third-order valence-electron chi connectivity index (χ3n) is 3.49. The third kappa shape index (κ3) is 5.74. The molecule has 25 heavy (non-hydrogen) atoms. The molecule has 0 bridgehead atoms. The lowest BCUT2D eigenvalue weighted by molar-refractivity contribution is 0.1000. The molecule has 134 valence electrons. The molecule has 7 heteroatoms. The number of ether oxygens (including phenoxy) is 3. The van der Waals surface area contributed by atoms with E-state index in [9.17, 15) is 4.79 Å². The van der Waals surface area contributed by atoms with E-state index < -0.39 is 5.91 Å². The van der Waals surface area contributed by atoms with Crippen LogP contribution < -0.4 is 20.5 Å². The van der Waals surface area contributed by atoms with Crippen molar-refractivity contribution < 1.29 is 19.0 Å². The molecule has 0 atom stereocenters. The van der Waals surface area contributed by atoms with Gasteiger partial charge in [-0.3, -0.25) is 4.79 Å². The van der Waals surface area contributed by atoms with E-state index >= 15 is 0 Å². The summed E-state index contributed by atoms with van der Waals surface area (Å²) in [4.78, 5) is 15.1. The summed E-state index contributed by atoms with van der Waals surface area (Å²) in [5.41, 5.74) is 6.60. The summed E-state index contributed by atoms with van der Waals surface area (Å²) in [5.74, 6) is 0.981. The van der Waals surface area contributed by atoms with Crippen molar-refractivity contribution >= 4 is 5.91 Å². The Labute approximate surface area is 147 Å². The van der Waals surface area contributed by atoms with E-state index in [1.165, 1.54) is 6.20 Å². The number of nitrogens with two attached hydrogens (primary N) is 1. The van der Waals surface area contributed by atoms with Gasteiger partial charge in [0.25, 0.3) is 0 Å². The predicted molar refractivity (Wildman–Crippen MR) is 94.0 cm³/mol. The summed E-state index contributed by atoms with van der Waals surface area (Å²) in [5, 5.41) is 3.34. The number of hydrogen-bond donors (Lipinski definition) is 2. The lowest BCUT2D eigenvalue weighted by Gasteiger charge is -2.12. The zero-order valence-electron chi connectivity index (χ0n) is 14.5. The van der Waals surface area contributed by atoms with Gasteiger partial charge >= 0.3 is 0 Å². The summed E-state index contributed by atoms with van der Waals surface area (Å²) in [6.45, 7) is 2.35. The van der Waals surface area contributed by atoms with Crippen LogP contribution in [0.4, 0.5) is 0 Å². The maximum absolute atomic E-state index is 11.1. The Morgan fingerprint density at radius 1 is 1.20 bits per heavy atom. The lowest BCUT2D eigenvalue weighted by atomic mass is 10.2. The zero-order valence-corrected chi connectivity index (χ0v) is 14.5. The number of nitrogens with zero attached hydrogens (tertiary/aromatic N) is 1. The highest BCUT2D eigenvalue weighted by molar-refractivity contribution is 5.92. The summed E-state index contributed by atoms with van der Waals surface area (Å²) in [7, 11) is 3.28. The quantitative estimate of drug-likeness (QED) is 0.640. The number of carbonyl (C=O) groups excluding carboxylic acids is 1. The fraction of sp³-hybridized carbons (Fsp3) is 0.333. The maximum Gasteiger partial charge on any atom is 0.250 e. The number of primary amides is 1. The van der Waals surface area contributed by atoms with E-state index in [0.717, 1.165) is 31.7 Å². The molecule has 0 aliphatic carbocycles. The van der Waals surface area contributed by atoms with Gasteiger partial charge in [-0.05, 0) is 36.7 Å². The van der Waals surface area contributed by atoms with Crippen LogP contribution in [0.25, 0.3) is 0 Å². The molecular weight excluding hydrogens is 322 g/mol. The van der Waals surface area contributed by atoms with Crippen LogP contribution in [-0.4, -0.2) is 38.3 Å². The van der Waals surface area contributed by atoms with E-state index in [0.29, 0.717) is 22.9 Å². The number of hydrogen-bond acceptors (Lipinski definition) is 6. The van der Waals surface area contributed by atoms with Crippen LogP contribution in [0, 0.1) is 0 Å². The standard InChI is InChI=1S/C18H23N3O4/c1-23-9-3-8-20-11-13-4-6-15(16(10-13)24-2)25-17-7-5-14(12-21-17)18(19)22/h4-7,10,12,20H,3,8-9,11H2,1-2H3,(H2,19,22). The number of carbonyl (C=O) groups is 1. The molecule has 2 aromatic rings. The van der Waals surface area contributed by atoms with E-state index in [1.807, 2.05) is 18.2 Å². The van der Waals surface area contributed by atoms with Crippen LogP contribution >= 0.6 is 0 Å². The summed E-state index contributed by atoms with van der Waals surface area (Å²) in [6.07, 6.45) is 2.34. The van der Waals surface area contributed by atoms with Crippen LogP contribution in [-0.2, 0) is 11.3 Å². The van der Waals surface area contributed by atoms with Crippen LogP contribution in [0.2, 0.25) is 0 Å². The van der Waals surface area contributed by atoms with Crippen LogP contribution in [0.1, 0.15) is 22.3 Å². The highest BCUT2D eigenvalue weighted by Crippen LogP contribution is 2.31. The van der Waals surface area contributed by atoms with E-state index in [1.54, 1.807) is 26.4 Å². The van der Waals surface area contributed by atoms with Crippen molar-refractivity contribution in [1.82, 2.24) is 10.3 Å². The SMILES string of the molecule is COCCCNCc1ccc(Oc2ccc(C(N)=O)cn2)c(OC)c1. The number of aromatic nitrogens is 1. The van der Waals surface area contributed by atoms with Gasteiger partial charge < -0.3 is 25.3 Å². The molecule has 0 radical (unpaired) electrons. The molecule has 1 heterocycles. The number of benzene rings is 1. The molecular formula is C18H23N3O4. The number of rotatable bonds is 10. The first kappa shape index (κ1) is 18.7. The van der Waals surface area contributed by atoms with Crippen molar-refractivity contribution in [3.05, 3.63) is 47.7 Å². The average Bonchev–Trinajstić information content (AvgIpc) is 2.63. The molecule has 0 spiro atoms. The van der Waals surface area contributed by atoms with Crippen LogP contribution in [0.3, 0.4) is 0 Å². The van der Waals surface area contributed by atoms with E-state index in [-0.39, 0.29) is 0 Å². The van der Waals surface area contributed by atoms with Crippen molar-refractivity contribution in [1.29, 1.82) is 0 Å². The van der Waals surface area contributed by atoms with E-state index in [4.69, 9.17) is 19.9 Å². The van der Waals surface area contributed by atoms with Crippen LogP contribution in [0.5, 0.6) is 17.4 Å². The normalized spacial score (nSPS) is 10.5. The summed E-state index contributed by atoms with van der Waals surface area (Å²) < 4.78 is 16.1. The first-order valence-electron chi connectivity index (χ1n) is 7.94. The van der Waals surface area contributed by atoms with Crippen molar-refractivity contribution in [3.63, 3.8) is 0 Å². The summed E-state index contributed by atoms with van der Waals surface area (Å²) >= 11 is 0. The number of pyridine rings is 1. The molecule has 0 aliphatic heterocycles. The second-order valence-electron chi connectivity index (χ2n) is 5.36. The monoisotopic (exact) mass is 345 g/mol. The van der Waals surface area contributed by atoms with Crippen molar-refractivity contribution in [2.75, 3.05) is 27.4 Å². The molecule has 7 nitrogen and oxygen atoms in total. The third-order valence-corrected chi connectivity index (χ3v) is 3.49. The smallest absolute Gasteiger partial charge is 0.250 e. The molecule has 2 rings (SSSR count). The van der Waals surface area contributed by atoms with Gasteiger partial charge in [0.15, 0.2) is 11.5 Å². The molecule has 1 aromatic carbocycles. The van der Waals surface area contributed by atoms with Crippen molar-refractivity contribution in [2.24, 2.45) is 5.73 Å². The molecule has 1 aromatic heterocycles. The van der Waals surface area contributed by atoms with Gasteiger partial charge in [-0.2, -0.15) is 0 Å². The van der Waals surface area contributed by atoms with Gasteiger partial charge in [-0.15, -0.1) is 0 Å². The minimum atomic E-state index is -0.529. The number of amides is 1. The molecule has 3 N–H and O–H groups in total. The first-order valence-corrected chi connectivity index (χ1v) is 7.94. The Morgan fingerprint density at radius 2 is 2.04 bits per heavy atom. The highest BCUT2D eigenvalue weighted by Gasteiger charge is 2.09. The number of nitrogens with one attached hydrogen (secondary N) is 1. The highest BCUT2D eigenvalue weighted by atomic mass is 16.5. The Balaban J connectivity index is 1.99. The van der Waals surface area contributed by atoms with Gasteiger partial charge in [0.2, 0.25) is 11.8 Å². The molecule has 1 amide bonds. The first-order chi connectivity index (χ1) is 12.1. The molecule has 0 saturated carbocycles. The van der Waals surface area contributed by atoms with Gasteiger partial charge in [0.1, 0.15) is 0 Å². The summed E-state index contributed by atoms with van der Waals surface area (Å²) in [6, 6.07) is 8.85. The van der Waals surface area contributed by atoms with Gasteiger partial charge in [-0.1, -0.05) is 6.07 Å². The van der Waals surface area contributed by atoms with Crippen LogP contribution in [0.15, 0.2) is 36.5 Å². The molecule has 0 unspecified atom stereocenters. The molecule has 0 fully saturated rings. The second kappa shape index (κ2) is 9.61. The Bertz CT molecular complexity index is 689. The Kier molecular flexibility index (Phi) is 7.18. The fourth-order valence-electron chi connectivity index (χ4n) is 2.18. The average molecular weight is 345 g/mol. The van der Waals surface area contributed by atoms with Crippen molar-refractivity contribution in [2.45, 2.75) is 13.0 Å². The van der Waals surface area contributed by atoms with Gasteiger partial charge in [0, 0.05) is 32.5 Å².